The van der Waals surface area contributed by atoms with Crippen molar-refractivity contribution >= 4 is 0 Å². The van der Waals surface area contributed by atoms with E-state index in [1.807, 2.05) is 0 Å². The lowest BCUT2D eigenvalue weighted by Crippen LogP contribution is -2.41. The van der Waals surface area contributed by atoms with Crippen LogP contribution in [0.25, 0.3) is 0 Å². The second-order valence-corrected chi connectivity index (χ2v) is 4.39. The Bertz CT molecular complexity index is 373. The summed E-state index contributed by atoms with van der Waals surface area (Å²) < 4.78 is 49.9. The van der Waals surface area contributed by atoms with Crippen molar-refractivity contribution in [2.24, 2.45) is 5.73 Å². The molecule has 18 heavy (non-hydrogen) atoms. The minimum absolute atomic E-state index is 0.430. The van der Waals surface area contributed by atoms with Crippen molar-refractivity contribution in [1.82, 2.24) is 4.90 Å². The summed E-state index contributed by atoms with van der Waals surface area (Å²) in [5.74, 6) is -0.430. The molecule has 2 nitrogen and oxygen atoms in total. The van der Waals surface area contributed by atoms with Crippen molar-refractivity contribution in [2.45, 2.75) is 25.2 Å². The average Bonchev–Trinajstić information content (AvgIpc) is 2.18. The molecule has 0 aliphatic heterocycles. The van der Waals surface area contributed by atoms with Crippen LogP contribution in [0.4, 0.5) is 17.6 Å². The minimum atomic E-state index is -4.29. The largest absolute Gasteiger partial charge is 0.401 e. The van der Waals surface area contributed by atoms with Crippen molar-refractivity contribution in [3.63, 3.8) is 0 Å². The number of nitrogens with two attached hydrogens (primary N) is 1. The molecule has 6 heteroatoms. The Labute approximate surface area is 103 Å². The summed E-state index contributed by atoms with van der Waals surface area (Å²) in [4.78, 5) is 1.12. The van der Waals surface area contributed by atoms with Gasteiger partial charge in [0.05, 0.1) is 6.54 Å². The molecule has 0 heterocycles. The normalized spacial score (nSPS) is 15.8. The Balaban J connectivity index is 2.92. The third-order valence-corrected chi connectivity index (χ3v) is 2.61. The fourth-order valence-corrected chi connectivity index (χ4v) is 2.00. The van der Waals surface area contributed by atoms with Crippen LogP contribution in [0.2, 0.25) is 0 Å². The number of hydrogen-bond acceptors (Lipinski definition) is 2. The lowest BCUT2D eigenvalue weighted by Gasteiger charge is -2.32. The Morgan fingerprint density at radius 3 is 2.11 bits per heavy atom. The van der Waals surface area contributed by atoms with E-state index in [1.165, 1.54) is 31.3 Å². The van der Waals surface area contributed by atoms with Gasteiger partial charge in [-0.1, -0.05) is 12.1 Å². The predicted octanol–water partition coefficient (Wildman–Crippen LogP) is 2.71. The monoisotopic (exact) mass is 264 g/mol. The van der Waals surface area contributed by atoms with Gasteiger partial charge in [-0.25, -0.2) is 4.39 Å². The van der Waals surface area contributed by atoms with Crippen LogP contribution in [0.5, 0.6) is 0 Å². The molecule has 0 fully saturated rings. The van der Waals surface area contributed by atoms with Gasteiger partial charge in [-0.05, 0) is 31.7 Å². The van der Waals surface area contributed by atoms with E-state index in [0.717, 1.165) is 4.90 Å². The van der Waals surface area contributed by atoms with E-state index in [0.29, 0.717) is 5.56 Å². The van der Waals surface area contributed by atoms with Gasteiger partial charge in [0.25, 0.3) is 0 Å². The number of hydrogen-bond donors (Lipinski definition) is 1. The fraction of sp³-hybridized carbons (Fsp3) is 0.500. The molecule has 0 saturated heterocycles. The summed E-state index contributed by atoms with van der Waals surface area (Å²) in [6.07, 6.45) is -4.29. The zero-order valence-electron chi connectivity index (χ0n) is 10.2. The van der Waals surface area contributed by atoms with Crippen LogP contribution in [0.1, 0.15) is 18.5 Å². The van der Waals surface area contributed by atoms with Crippen LogP contribution in [-0.2, 0) is 0 Å². The quantitative estimate of drug-likeness (QED) is 0.847. The molecule has 0 spiro atoms. The highest BCUT2D eigenvalue weighted by molar-refractivity contribution is 5.21. The molecule has 0 amide bonds. The minimum Gasteiger partial charge on any atom is -0.326 e. The molecule has 0 saturated carbocycles. The standard InChI is InChI=1S/C12H16F4N2/c1-8(17)11(18(2)7-12(14,15)16)9-3-5-10(13)6-4-9/h3-6,8,11H,7,17H2,1-2H3. The van der Waals surface area contributed by atoms with Gasteiger partial charge in [0.2, 0.25) is 0 Å². The maximum absolute atomic E-state index is 12.8. The molecule has 1 aromatic rings. The Morgan fingerprint density at radius 2 is 1.72 bits per heavy atom. The molecular weight excluding hydrogens is 248 g/mol. The highest BCUT2D eigenvalue weighted by atomic mass is 19.4. The van der Waals surface area contributed by atoms with Crippen molar-refractivity contribution in [2.75, 3.05) is 13.6 Å². The van der Waals surface area contributed by atoms with Crippen LogP contribution in [0, 0.1) is 5.82 Å². The summed E-state index contributed by atoms with van der Waals surface area (Å²) in [5.41, 5.74) is 6.29. The Morgan fingerprint density at radius 1 is 1.22 bits per heavy atom. The number of rotatable bonds is 4. The molecule has 1 rings (SSSR count). The van der Waals surface area contributed by atoms with E-state index in [1.54, 1.807) is 6.92 Å². The van der Waals surface area contributed by atoms with Crippen molar-refractivity contribution in [3.8, 4) is 0 Å². The lowest BCUT2D eigenvalue weighted by atomic mass is 9.99. The first-order chi connectivity index (χ1) is 8.20. The van der Waals surface area contributed by atoms with E-state index in [4.69, 9.17) is 5.73 Å². The lowest BCUT2D eigenvalue weighted by molar-refractivity contribution is -0.148. The van der Waals surface area contributed by atoms with Gasteiger partial charge < -0.3 is 5.73 Å². The Kier molecular flexibility index (Phi) is 4.70. The number of likely N-dealkylation sites (N-methyl/N-ethyl adjacent to an activating group) is 1. The summed E-state index contributed by atoms with van der Waals surface area (Å²) in [7, 11) is 1.35. The fourth-order valence-electron chi connectivity index (χ4n) is 2.00. The number of halogens is 4. The summed E-state index contributed by atoms with van der Waals surface area (Å²) in [6.45, 7) is 0.567. The van der Waals surface area contributed by atoms with Gasteiger partial charge >= 0.3 is 6.18 Å². The molecule has 102 valence electrons. The van der Waals surface area contributed by atoms with Gasteiger partial charge in [-0.3, -0.25) is 4.90 Å². The number of alkyl halides is 3. The smallest absolute Gasteiger partial charge is 0.326 e. The van der Waals surface area contributed by atoms with Gasteiger partial charge in [0.15, 0.2) is 0 Å². The predicted molar refractivity (Wildman–Crippen MR) is 61.5 cm³/mol. The first-order valence-corrected chi connectivity index (χ1v) is 5.49. The average molecular weight is 264 g/mol. The SMILES string of the molecule is CC(N)C(c1ccc(F)cc1)N(C)CC(F)(F)F. The summed E-state index contributed by atoms with van der Waals surface area (Å²) in [5, 5.41) is 0. The first kappa shape index (κ1) is 14.9. The molecule has 0 aliphatic rings. The number of benzene rings is 1. The molecule has 0 aliphatic carbocycles. The van der Waals surface area contributed by atoms with Crippen LogP contribution in [0.3, 0.4) is 0 Å². The maximum Gasteiger partial charge on any atom is 0.401 e. The van der Waals surface area contributed by atoms with E-state index < -0.39 is 30.6 Å². The molecule has 0 aromatic heterocycles. The molecule has 0 bridgehead atoms. The highest BCUT2D eigenvalue weighted by Gasteiger charge is 2.33. The second-order valence-electron chi connectivity index (χ2n) is 4.39. The van der Waals surface area contributed by atoms with Crippen LogP contribution in [-0.4, -0.2) is 30.7 Å². The molecule has 2 N–H and O–H groups in total. The van der Waals surface area contributed by atoms with E-state index in [9.17, 15) is 17.6 Å². The van der Waals surface area contributed by atoms with Crippen LogP contribution >= 0.6 is 0 Å². The number of nitrogens with zero attached hydrogens (tertiary/aromatic N) is 1. The van der Waals surface area contributed by atoms with Crippen molar-refractivity contribution in [3.05, 3.63) is 35.6 Å². The molecule has 1 aromatic carbocycles. The molecule has 2 atom stereocenters. The molecule has 0 radical (unpaired) electrons. The zero-order valence-corrected chi connectivity index (χ0v) is 10.2. The Hall–Kier alpha value is -1.14. The van der Waals surface area contributed by atoms with E-state index in [-0.39, 0.29) is 0 Å². The van der Waals surface area contributed by atoms with E-state index >= 15 is 0 Å². The van der Waals surface area contributed by atoms with Gasteiger partial charge in [-0.2, -0.15) is 13.2 Å². The summed E-state index contributed by atoms with van der Waals surface area (Å²) >= 11 is 0. The zero-order chi connectivity index (χ0) is 13.9. The van der Waals surface area contributed by atoms with E-state index in [2.05, 4.69) is 0 Å². The van der Waals surface area contributed by atoms with Gasteiger partial charge in [0.1, 0.15) is 5.82 Å². The van der Waals surface area contributed by atoms with Gasteiger partial charge in [0, 0.05) is 12.1 Å². The second kappa shape index (κ2) is 5.67. The van der Waals surface area contributed by atoms with Crippen LogP contribution < -0.4 is 5.73 Å². The van der Waals surface area contributed by atoms with Crippen molar-refractivity contribution < 1.29 is 17.6 Å². The van der Waals surface area contributed by atoms with Gasteiger partial charge in [-0.15, -0.1) is 0 Å². The third-order valence-electron chi connectivity index (χ3n) is 2.61. The van der Waals surface area contributed by atoms with Crippen molar-refractivity contribution in [1.29, 1.82) is 0 Å². The molecular formula is C12H16F4N2. The summed E-state index contributed by atoms with van der Waals surface area (Å²) in [6, 6.07) is 4.24. The molecule has 2 unspecified atom stereocenters. The third kappa shape index (κ3) is 4.27. The first-order valence-electron chi connectivity index (χ1n) is 5.49. The van der Waals surface area contributed by atoms with Crippen LogP contribution in [0.15, 0.2) is 24.3 Å². The maximum atomic E-state index is 12.8. The highest BCUT2D eigenvalue weighted by Crippen LogP contribution is 2.26. The topological polar surface area (TPSA) is 29.3 Å².